The van der Waals surface area contributed by atoms with Gasteiger partial charge >= 0.3 is 6.09 Å². The number of carbonyl (C=O) groups excluding carboxylic acids is 2. The number of hydrogen-bond acceptors (Lipinski definition) is 6. The Hall–Kier alpha value is -1.65. The predicted molar refractivity (Wildman–Crippen MR) is 101 cm³/mol. The Bertz CT molecular complexity index is 674. The molecule has 0 radical (unpaired) electrons. The van der Waals surface area contributed by atoms with Crippen molar-refractivity contribution in [2.75, 3.05) is 26.7 Å². The predicted octanol–water partition coefficient (Wildman–Crippen LogP) is 1.65. The number of thiophene rings is 1. The van der Waals surface area contributed by atoms with Crippen LogP contribution in [0.3, 0.4) is 0 Å². The van der Waals surface area contributed by atoms with Crippen molar-refractivity contribution < 1.29 is 22.7 Å². The highest BCUT2D eigenvalue weighted by molar-refractivity contribution is 7.91. The molecule has 1 aromatic heterocycles. The van der Waals surface area contributed by atoms with Crippen molar-refractivity contribution in [2.45, 2.75) is 37.4 Å². The van der Waals surface area contributed by atoms with Gasteiger partial charge in [-0.2, -0.15) is 4.31 Å². The summed E-state index contributed by atoms with van der Waals surface area (Å²) in [5.41, 5.74) is 0. The van der Waals surface area contributed by atoms with Crippen molar-refractivity contribution in [3.63, 3.8) is 0 Å². The van der Waals surface area contributed by atoms with Gasteiger partial charge < -0.3 is 15.4 Å². The Morgan fingerprint density at radius 2 is 2.04 bits per heavy atom. The molecule has 1 heterocycles. The van der Waals surface area contributed by atoms with Gasteiger partial charge in [-0.1, -0.05) is 19.9 Å². The molecule has 0 spiro atoms. The number of amides is 2. The second-order valence-corrected chi connectivity index (χ2v) is 9.41. The minimum atomic E-state index is -3.67. The van der Waals surface area contributed by atoms with E-state index in [9.17, 15) is 18.0 Å². The molecule has 1 aromatic rings. The minimum absolute atomic E-state index is 0.189. The van der Waals surface area contributed by atoms with Gasteiger partial charge in [0, 0.05) is 19.6 Å². The molecule has 0 fully saturated rings. The molecule has 0 aliphatic heterocycles. The topological polar surface area (TPSA) is 105 Å². The van der Waals surface area contributed by atoms with Crippen LogP contribution in [-0.4, -0.2) is 57.5 Å². The summed E-state index contributed by atoms with van der Waals surface area (Å²) in [6, 6.07) is 2.84. The Morgan fingerprint density at radius 1 is 1.35 bits per heavy atom. The third kappa shape index (κ3) is 7.30. The van der Waals surface area contributed by atoms with E-state index in [2.05, 4.69) is 10.6 Å². The largest absolute Gasteiger partial charge is 0.450 e. The lowest BCUT2D eigenvalue weighted by Gasteiger charge is -2.21. The van der Waals surface area contributed by atoms with E-state index in [4.69, 9.17) is 4.74 Å². The molecule has 8 nitrogen and oxygen atoms in total. The molecule has 0 saturated carbocycles. The molecule has 0 aliphatic carbocycles. The van der Waals surface area contributed by atoms with Gasteiger partial charge in [0.25, 0.3) is 10.0 Å². The fraction of sp³-hybridized carbons (Fsp3) is 0.625. The van der Waals surface area contributed by atoms with Crippen LogP contribution < -0.4 is 10.6 Å². The average Bonchev–Trinajstić information content (AvgIpc) is 3.07. The lowest BCUT2D eigenvalue weighted by molar-refractivity contribution is -0.121. The number of nitrogens with one attached hydrogen (secondary N) is 2. The third-order valence-corrected chi connectivity index (χ3v) is 6.60. The van der Waals surface area contributed by atoms with Crippen molar-refractivity contribution in [3.05, 3.63) is 17.5 Å². The van der Waals surface area contributed by atoms with Gasteiger partial charge in [0.1, 0.15) is 4.21 Å². The first-order valence-corrected chi connectivity index (χ1v) is 10.7. The van der Waals surface area contributed by atoms with Crippen LogP contribution >= 0.6 is 11.3 Å². The standard InChI is InChI=1S/C16H27N3O5S2/c1-5-24-16(21)18-13(9-12(2)3)10-17-14(20)11-19(4)26(22,23)15-7-6-8-25-15/h6-8,12-13H,5,9-11H2,1-4H3,(H,17,20)(H,18,21). The molecule has 2 amide bonds. The third-order valence-electron chi connectivity index (χ3n) is 3.42. The van der Waals surface area contributed by atoms with Crippen LogP contribution in [0.5, 0.6) is 0 Å². The van der Waals surface area contributed by atoms with Crippen LogP contribution in [0.25, 0.3) is 0 Å². The maximum absolute atomic E-state index is 12.3. The first-order valence-electron chi connectivity index (χ1n) is 8.36. The number of rotatable bonds is 10. The molecular formula is C16H27N3O5S2. The zero-order valence-corrected chi connectivity index (χ0v) is 17.2. The van der Waals surface area contributed by atoms with E-state index < -0.39 is 22.0 Å². The molecule has 1 rings (SSSR count). The monoisotopic (exact) mass is 405 g/mol. The fourth-order valence-corrected chi connectivity index (χ4v) is 4.57. The second-order valence-electron chi connectivity index (χ2n) is 6.19. The summed E-state index contributed by atoms with van der Waals surface area (Å²) in [7, 11) is -2.32. The average molecular weight is 406 g/mol. The molecule has 0 saturated heterocycles. The molecule has 148 valence electrons. The van der Waals surface area contributed by atoms with Crippen LogP contribution in [0.2, 0.25) is 0 Å². The number of hydrogen-bond donors (Lipinski definition) is 2. The summed E-state index contributed by atoms with van der Waals surface area (Å²) in [5.74, 6) is -0.132. The molecule has 0 aliphatic rings. The van der Waals surface area contributed by atoms with E-state index >= 15 is 0 Å². The highest BCUT2D eigenvalue weighted by Crippen LogP contribution is 2.19. The van der Waals surface area contributed by atoms with Crippen LogP contribution in [0.4, 0.5) is 4.79 Å². The van der Waals surface area contributed by atoms with Gasteiger partial charge in [-0.25, -0.2) is 13.2 Å². The number of sulfonamides is 1. The molecule has 1 unspecified atom stereocenters. The number of ether oxygens (including phenoxy) is 1. The summed E-state index contributed by atoms with van der Waals surface area (Å²) in [6.07, 6.45) is 0.118. The number of likely N-dealkylation sites (N-methyl/N-ethyl adjacent to an activating group) is 1. The number of nitrogens with zero attached hydrogens (tertiary/aromatic N) is 1. The molecular weight excluding hydrogens is 378 g/mol. The van der Waals surface area contributed by atoms with Crippen LogP contribution in [0, 0.1) is 5.92 Å². The maximum atomic E-state index is 12.3. The summed E-state index contributed by atoms with van der Waals surface area (Å²) < 4.78 is 30.7. The number of alkyl carbamates (subject to hydrolysis) is 1. The van der Waals surface area contributed by atoms with Gasteiger partial charge in [0.05, 0.1) is 13.2 Å². The van der Waals surface area contributed by atoms with E-state index in [0.717, 1.165) is 15.6 Å². The lowest BCUT2D eigenvalue weighted by Crippen LogP contribution is -2.47. The fourth-order valence-electron chi connectivity index (χ4n) is 2.25. The van der Waals surface area contributed by atoms with E-state index in [1.54, 1.807) is 18.4 Å². The van der Waals surface area contributed by atoms with Gasteiger partial charge in [-0.15, -0.1) is 11.3 Å². The molecule has 0 bridgehead atoms. The normalized spacial score (nSPS) is 12.8. The second kappa shape index (κ2) is 10.5. The van der Waals surface area contributed by atoms with Crippen LogP contribution in [-0.2, 0) is 19.6 Å². The molecule has 2 N–H and O–H groups in total. The van der Waals surface area contributed by atoms with Crippen molar-refractivity contribution >= 4 is 33.4 Å². The van der Waals surface area contributed by atoms with Crippen molar-refractivity contribution in [1.82, 2.24) is 14.9 Å². The Labute approximate surface area is 159 Å². The molecule has 26 heavy (non-hydrogen) atoms. The van der Waals surface area contributed by atoms with Gasteiger partial charge in [-0.3, -0.25) is 4.79 Å². The quantitative estimate of drug-likeness (QED) is 0.616. The van der Waals surface area contributed by atoms with Gasteiger partial charge in [0.15, 0.2) is 0 Å². The summed E-state index contributed by atoms with van der Waals surface area (Å²) in [4.78, 5) is 23.7. The molecule has 1 atom stereocenters. The number of carbonyl (C=O) groups is 2. The summed E-state index contributed by atoms with van der Waals surface area (Å²) in [6.45, 7) is 5.88. The lowest BCUT2D eigenvalue weighted by atomic mass is 10.0. The van der Waals surface area contributed by atoms with E-state index in [1.165, 1.54) is 13.1 Å². The first kappa shape index (κ1) is 22.4. The Kier molecular flexibility index (Phi) is 9.03. The van der Waals surface area contributed by atoms with E-state index in [-0.39, 0.29) is 29.9 Å². The highest BCUT2D eigenvalue weighted by Gasteiger charge is 2.24. The zero-order valence-electron chi connectivity index (χ0n) is 15.5. The van der Waals surface area contributed by atoms with E-state index in [0.29, 0.717) is 12.3 Å². The SMILES string of the molecule is CCOC(=O)NC(CNC(=O)CN(C)S(=O)(=O)c1cccs1)CC(C)C. The van der Waals surface area contributed by atoms with Crippen molar-refractivity contribution in [1.29, 1.82) is 0 Å². The Balaban J connectivity index is 2.57. The van der Waals surface area contributed by atoms with Crippen LogP contribution in [0.15, 0.2) is 21.7 Å². The smallest absolute Gasteiger partial charge is 0.407 e. The summed E-state index contributed by atoms with van der Waals surface area (Å²) in [5, 5.41) is 7.04. The highest BCUT2D eigenvalue weighted by atomic mass is 32.2. The molecule has 0 aromatic carbocycles. The van der Waals surface area contributed by atoms with E-state index in [1.807, 2.05) is 13.8 Å². The Morgan fingerprint density at radius 3 is 2.58 bits per heavy atom. The van der Waals surface area contributed by atoms with Gasteiger partial charge in [-0.05, 0) is 30.7 Å². The van der Waals surface area contributed by atoms with Crippen molar-refractivity contribution in [2.24, 2.45) is 5.92 Å². The minimum Gasteiger partial charge on any atom is -0.450 e. The molecule has 10 heteroatoms. The van der Waals surface area contributed by atoms with Crippen LogP contribution in [0.1, 0.15) is 27.2 Å². The maximum Gasteiger partial charge on any atom is 0.407 e. The van der Waals surface area contributed by atoms with Gasteiger partial charge in [0.2, 0.25) is 5.91 Å². The summed E-state index contributed by atoms with van der Waals surface area (Å²) >= 11 is 1.10. The zero-order chi connectivity index (χ0) is 19.7. The first-order chi connectivity index (χ1) is 12.2. The van der Waals surface area contributed by atoms with Crippen molar-refractivity contribution in [3.8, 4) is 0 Å².